The lowest BCUT2D eigenvalue weighted by molar-refractivity contribution is 0.401. The molecule has 168 valence electrons. The summed E-state index contributed by atoms with van der Waals surface area (Å²) in [5.74, 6) is 5.42. The third-order valence-corrected chi connectivity index (χ3v) is 4.93. The number of hydrazone groups is 1. The molecule has 1 aliphatic heterocycles. The van der Waals surface area contributed by atoms with E-state index in [1.807, 2.05) is 42.2 Å². The molecule has 0 saturated heterocycles. The Morgan fingerprint density at radius 2 is 1.50 bits per heavy atom. The van der Waals surface area contributed by atoms with Crippen LogP contribution in [0, 0.1) is 10.7 Å². The number of hydrogen-bond donors (Lipinski definition) is 1. The molecule has 1 N–H and O–H groups in total. The molecule has 0 aromatic carbocycles. The zero-order valence-electron chi connectivity index (χ0n) is 20.0. The second kappa shape index (κ2) is 11.1. The van der Waals surface area contributed by atoms with Crippen molar-refractivity contribution in [1.82, 2.24) is 39.4 Å². The Labute approximate surface area is 185 Å². The molecule has 9 nitrogen and oxygen atoms in total. The largest absolute Gasteiger partial charge is 0.321 e. The van der Waals surface area contributed by atoms with Crippen LogP contribution in [0.2, 0.25) is 0 Å². The standard InChI is InChI=1S/C8H15N3.C6H11N3S.C6H11N3/c1-6(2)8-9-11(5)7(3)10(8)4;1-4(2)5-7-8-6(10)9(5)3;1-5(2)6-8-7-4-9(6)3/h6H,3H2,1-2,4-5H3;4H,1-3H3,(H,8,10);4-5H,1-3H3. The van der Waals surface area contributed by atoms with Crippen LogP contribution in [0.1, 0.15) is 65.0 Å². The topological polar surface area (TPSA) is 83.2 Å². The van der Waals surface area contributed by atoms with Crippen LogP contribution < -0.4 is 0 Å². The molecule has 3 heterocycles. The molecule has 0 bridgehead atoms. The van der Waals surface area contributed by atoms with Crippen molar-refractivity contribution in [3.63, 3.8) is 0 Å². The minimum atomic E-state index is 0.429. The molecule has 2 aromatic heterocycles. The smallest absolute Gasteiger partial charge is 0.194 e. The average molecular weight is 436 g/mol. The van der Waals surface area contributed by atoms with E-state index >= 15 is 0 Å². The third-order valence-electron chi connectivity index (χ3n) is 4.57. The third kappa shape index (κ3) is 6.51. The van der Waals surface area contributed by atoms with Gasteiger partial charge in [0.15, 0.2) is 4.77 Å². The van der Waals surface area contributed by atoms with Gasteiger partial charge in [0.25, 0.3) is 0 Å². The Bertz CT molecular complexity index is 902. The molecular weight excluding hydrogens is 398 g/mol. The van der Waals surface area contributed by atoms with Crippen LogP contribution in [-0.4, -0.2) is 59.4 Å². The molecule has 0 fully saturated rings. The van der Waals surface area contributed by atoms with Crippen LogP contribution in [0.4, 0.5) is 0 Å². The fourth-order valence-corrected chi connectivity index (χ4v) is 2.96. The molecule has 10 heteroatoms. The van der Waals surface area contributed by atoms with Crippen molar-refractivity contribution in [1.29, 1.82) is 0 Å². The first kappa shape index (κ1) is 25.5. The van der Waals surface area contributed by atoms with Crippen LogP contribution in [0.25, 0.3) is 0 Å². The number of H-pyrrole nitrogens is 1. The van der Waals surface area contributed by atoms with Gasteiger partial charge in [0, 0.05) is 45.9 Å². The maximum Gasteiger partial charge on any atom is 0.194 e. The van der Waals surface area contributed by atoms with Crippen LogP contribution in [0.15, 0.2) is 23.8 Å². The summed E-state index contributed by atoms with van der Waals surface area (Å²) in [6, 6.07) is 0. The lowest BCUT2D eigenvalue weighted by Gasteiger charge is -2.17. The zero-order valence-corrected chi connectivity index (χ0v) is 20.8. The highest BCUT2D eigenvalue weighted by molar-refractivity contribution is 7.71. The van der Waals surface area contributed by atoms with Gasteiger partial charge in [-0.15, -0.1) is 10.2 Å². The van der Waals surface area contributed by atoms with Crippen LogP contribution >= 0.6 is 12.2 Å². The van der Waals surface area contributed by atoms with Gasteiger partial charge in [-0.2, -0.15) is 10.2 Å². The highest BCUT2D eigenvalue weighted by Crippen LogP contribution is 2.18. The number of aryl methyl sites for hydroxylation is 1. The molecule has 1 aliphatic rings. The SMILES string of the molecule is C=C1N(C)N=C(C(C)C)N1C.CC(C)c1n[nH]c(=S)n1C.CC(C)c1nncn1C. The minimum absolute atomic E-state index is 0.429. The molecular formula is C20H37N9S. The number of rotatable bonds is 3. The van der Waals surface area contributed by atoms with E-state index in [2.05, 4.69) is 73.6 Å². The number of nitrogens with zero attached hydrogens (tertiary/aromatic N) is 8. The molecule has 0 atom stereocenters. The second-order valence-electron chi connectivity index (χ2n) is 8.17. The van der Waals surface area contributed by atoms with Crippen molar-refractivity contribution in [3.05, 3.63) is 35.1 Å². The van der Waals surface area contributed by atoms with Crippen molar-refractivity contribution in [2.24, 2.45) is 25.1 Å². The van der Waals surface area contributed by atoms with Crippen molar-refractivity contribution in [3.8, 4) is 0 Å². The summed E-state index contributed by atoms with van der Waals surface area (Å²) in [7, 11) is 7.77. The fraction of sp³-hybridized carbons (Fsp3) is 0.650. The second-order valence-corrected chi connectivity index (χ2v) is 8.55. The monoisotopic (exact) mass is 435 g/mol. The quantitative estimate of drug-likeness (QED) is 0.738. The zero-order chi connectivity index (χ0) is 23.2. The first-order valence-electron chi connectivity index (χ1n) is 10.1. The van der Waals surface area contributed by atoms with E-state index in [1.54, 1.807) is 11.3 Å². The van der Waals surface area contributed by atoms with E-state index in [0.29, 0.717) is 22.5 Å². The summed E-state index contributed by atoms with van der Waals surface area (Å²) in [6.07, 6.45) is 1.72. The molecule has 0 spiro atoms. The van der Waals surface area contributed by atoms with Gasteiger partial charge in [-0.05, 0) is 12.2 Å². The van der Waals surface area contributed by atoms with Gasteiger partial charge in [0.2, 0.25) is 0 Å². The van der Waals surface area contributed by atoms with Crippen molar-refractivity contribution in [2.45, 2.75) is 53.4 Å². The average Bonchev–Trinajstić information content (AvgIpc) is 3.31. The van der Waals surface area contributed by atoms with Gasteiger partial charge in [-0.3, -0.25) is 10.1 Å². The van der Waals surface area contributed by atoms with Gasteiger partial charge in [0.1, 0.15) is 29.6 Å². The number of nitrogens with one attached hydrogen (secondary N) is 1. The van der Waals surface area contributed by atoms with Crippen LogP contribution in [0.3, 0.4) is 0 Å². The van der Waals surface area contributed by atoms with Crippen molar-refractivity contribution < 1.29 is 0 Å². The molecule has 3 rings (SSSR count). The van der Waals surface area contributed by atoms with E-state index in [0.717, 1.165) is 23.3 Å². The Balaban J connectivity index is 0.000000226. The lowest BCUT2D eigenvalue weighted by Crippen LogP contribution is -2.26. The summed E-state index contributed by atoms with van der Waals surface area (Å²) in [4.78, 5) is 2.02. The lowest BCUT2D eigenvalue weighted by atomic mass is 10.2. The van der Waals surface area contributed by atoms with Gasteiger partial charge in [-0.25, -0.2) is 0 Å². The summed E-state index contributed by atoms with van der Waals surface area (Å²) in [5.41, 5.74) is 0. The van der Waals surface area contributed by atoms with Crippen molar-refractivity contribution in [2.75, 3.05) is 14.1 Å². The van der Waals surface area contributed by atoms with Crippen LogP contribution in [0.5, 0.6) is 0 Å². The highest BCUT2D eigenvalue weighted by Gasteiger charge is 2.22. The molecule has 2 aromatic rings. The molecule has 30 heavy (non-hydrogen) atoms. The Morgan fingerprint density at radius 1 is 0.933 bits per heavy atom. The number of amidine groups is 1. The first-order chi connectivity index (χ1) is 13.9. The van der Waals surface area contributed by atoms with E-state index < -0.39 is 0 Å². The van der Waals surface area contributed by atoms with Gasteiger partial charge < -0.3 is 14.0 Å². The molecule has 0 amide bonds. The van der Waals surface area contributed by atoms with Crippen molar-refractivity contribution >= 4 is 18.1 Å². The Hall–Kier alpha value is -2.49. The minimum Gasteiger partial charge on any atom is -0.321 e. The Morgan fingerprint density at radius 3 is 1.70 bits per heavy atom. The predicted octanol–water partition coefficient (Wildman–Crippen LogP) is 3.84. The Kier molecular flexibility index (Phi) is 9.41. The number of aromatic nitrogens is 6. The fourth-order valence-electron chi connectivity index (χ4n) is 2.82. The van der Waals surface area contributed by atoms with E-state index in [-0.39, 0.29) is 0 Å². The summed E-state index contributed by atoms with van der Waals surface area (Å²) < 4.78 is 4.51. The molecule has 0 saturated carbocycles. The number of aromatic amines is 1. The molecule has 0 unspecified atom stereocenters. The predicted molar refractivity (Wildman–Crippen MR) is 125 cm³/mol. The summed E-state index contributed by atoms with van der Waals surface area (Å²) in [6.45, 7) is 16.5. The van der Waals surface area contributed by atoms with Crippen LogP contribution in [-0.2, 0) is 14.1 Å². The highest BCUT2D eigenvalue weighted by atomic mass is 32.1. The maximum atomic E-state index is 4.94. The maximum absolute atomic E-state index is 4.94. The van der Waals surface area contributed by atoms with Gasteiger partial charge >= 0.3 is 0 Å². The van der Waals surface area contributed by atoms with Gasteiger partial charge in [-0.1, -0.05) is 48.1 Å². The number of hydrogen-bond acceptors (Lipinski definition) is 7. The molecule has 0 aliphatic carbocycles. The summed E-state index contributed by atoms with van der Waals surface area (Å²) >= 11 is 4.94. The summed E-state index contributed by atoms with van der Waals surface area (Å²) in [5, 5.41) is 20.6. The van der Waals surface area contributed by atoms with Gasteiger partial charge in [0.05, 0.1) is 0 Å². The normalized spacial score (nSPS) is 13.5. The van der Waals surface area contributed by atoms with E-state index in [1.165, 1.54) is 0 Å². The van der Waals surface area contributed by atoms with E-state index in [9.17, 15) is 0 Å². The first-order valence-corrected chi connectivity index (χ1v) is 10.5. The molecule has 0 radical (unpaired) electrons. The van der Waals surface area contributed by atoms with E-state index in [4.69, 9.17) is 12.2 Å².